The Bertz CT molecular complexity index is 316. The fourth-order valence-corrected chi connectivity index (χ4v) is 0.689. The van der Waals surface area contributed by atoms with Gasteiger partial charge in [0.05, 0.1) is 11.0 Å². The molecule has 0 amide bonds. The van der Waals surface area contributed by atoms with Crippen molar-refractivity contribution >= 4 is 17.3 Å². The number of nitro groups is 1. The number of nitriles is 1. The molecule has 0 aliphatic rings. The quantitative estimate of drug-likeness (QED) is 0.515. The molecule has 1 aromatic carbocycles. The van der Waals surface area contributed by atoms with E-state index in [-0.39, 0.29) is 5.69 Å². The zero-order valence-electron chi connectivity index (χ0n) is 6.90. The van der Waals surface area contributed by atoms with Gasteiger partial charge in [0.15, 0.2) is 0 Å². The molecule has 68 valence electrons. The van der Waals surface area contributed by atoms with Crippen molar-refractivity contribution in [3.8, 4) is 6.07 Å². The van der Waals surface area contributed by atoms with Gasteiger partial charge < -0.3 is 0 Å². The second-order valence-corrected chi connectivity index (χ2v) is 2.39. The number of halogens is 1. The van der Waals surface area contributed by atoms with Crippen molar-refractivity contribution in [2.45, 2.75) is 6.92 Å². The van der Waals surface area contributed by atoms with Crippen LogP contribution in [-0.4, -0.2) is 4.92 Å². The molecule has 0 aliphatic heterocycles. The van der Waals surface area contributed by atoms with Crippen molar-refractivity contribution in [1.29, 1.82) is 5.26 Å². The molecule has 0 saturated carbocycles. The van der Waals surface area contributed by atoms with Crippen LogP contribution in [0.25, 0.3) is 0 Å². The summed E-state index contributed by atoms with van der Waals surface area (Å²) in [4.78, 5) is 9.61. The molecule has 1 aromatic rings. The predicted molar refractivity (Wildman–Crippen MR) is 49.4 cm³/mol. The predicted octanol–water partition coefficient (Wildman–Crippen LogP) is 2.78. The van der Waals surface area contributed by atoms with Crippen LogP contribution in [0, 0.1) is 21.4 Å². The molecular weight excluding hydrogens is 192 g/mol. The molecule has 0 aliphatic carbocycles. The van der Waals surface area contributed by atoms with Gasteiger partial charge in [0, 0.05) is 24.1 Å². The van der Waals surface area contributed by atoms with E-state index in [9.17, 15) is 10.1 Å². The topological polar surface area (TPSA) is 66.9 Å². The van der Waals surface area contributed by atoms with E-state index < -0.39 is 4.92 Å². The van der Waals surface area contributed by atoms with Gasteiger partial charge in [-0.3, -0.25) is 10.1 Å². The number of non-ortho nitro benzene ring substituents is 1. The average Bonchev–Trinajstić information content (AvgIpc) is 2.06. The molecule has 4 nitrogen and oxygen atoms in total. The summed E-state index contributed by atoms with van der Waals surface area (Å²) in [6.07, 6.45) is 0. The molecule has 0 unspecified atom stereocenters. The highest BCUT2D eigenvalue weighted by Crippen LogP contribution is 2.14. The number of hydrogen-bond donors (Lipinski definition) is 0. The maximum atomic E-state index is 10.1. The van der Waals surface area contributed by atoms with Crippen molar-refractivity contribution in [3.05, 3.63) is 39.4 Å². The first kappa shape index (κ1) is 11.4. The second-order valence-electron chi connectivity index (χ2n) is 1.96. The molecule has 0 bridgehead atoms. The Balaban J connectivity index is 0.000000424. The monoisotopic (exact) mass is 198 g/mol. The van der Waals surface area contributed by atoms with E-state index in [4.69, 9.17) is 16.9 Å². The Morgan fingerprint density at radius 3 is 2.15 bits per heavy atom. The molecule has 0 fully saturated rings. The fourth-order valence-electron chi connectivity index (χ4n) is 0.563. The van der Waals surface area contributed by atoms with Crippen LogP contribution in [0.4, 0.5) is 5.69 Å². The fraction of sp³-hybridized carbons (Fsp3) is 0.125. The molecule has 13 heavy (non-hydrogen) atoms. The largest absolute Gasteiger partial charge is 0.269 e. The van der Waals surface area contributed by atoms with Crippen LogP contribution < -0.4 is 0 Å². The van der Waals surface area contributed by atoms with Gasteiger partial charge in [0.2, 0.25) is 0 Å². The highest BCUT2D eigenvalue weighted by molar-refractivity contribution is 6.30. The van der Waals surface area contributed by atoms with Crippen LogP contribution >= 0.6 is 11.6 Å². The summed E-state index contributed by atoms with van der Waals surface area (Å²) < 4.78 is 0. The average molecular weight is 199 g/mol. The Kier molecular flexibility index (Phi) is 5.24. The van der Waals surface area contributed by atoms with E-state index in [0.717, 1.165) is 0 Å². The zero-order valence-corrected chi connectivity index (χ0v) is 7.65. The number of nitrogens with zero attached hydrogens (tertiary/aromatic N) is 2. The first-order valence-electron chi connectivity index (χ1n) is 3.32. The maximum Gasteiger partial charge on any atom is 0.269 e. The number of rotatable bonds is 1. The van der Waals surface area contributed by atoms with E-state index in [1.54, 1.807) is 6.07 Å². The van der Waals surface area contributed by atoms with E-state index >= 15 is 0 Å². The summed E-state index contributed by atoms with van der Waals surface area (Å²) in [7, 11) is 0. The summed E-state index contributed by atoms with van der Waals surface area (Å²) in [5.41, 5.74) is 0.0596. The third kappa shape index (κ3) is 4.77. The summed E-state index contributed by atoms with van der Waals surface area (Å²) in [5, 5.41) is 17.9. The van der Waals surface area contributed by atoms with E-state index in [0.29, 0.717) is 5.02 Å². The summed E-state index contributed by atoms with van der Waals surface area (Å²) in [5.74, 6) is 0. The summed E-state index contributed by atoms with van der Waals surface area (Å²) in [6.45, 7) is 1.43. The first-order chi connectivity index (χ1) is 6.11. The van der Waals surface area contributed by atoms with E-state index in [1.807, 2.05) is 0 Å². The normalized spacial score (nSPS) is 7.77. The minimum absolute atomic E-state index is 0.0596. The third-order valence-electron chi connectivity index (χ3n) is 1.04. The summed E-state index contributed by atoms with van der Waals surface area (Å²) in [6, 6.07) is 7.45. The van der Waals surface area contributed by atoms with Crippen LogP contribution in [0.1, 0.15) is 6.92 Å². The van der Waals surface area contributed by atoms with Crippen LogP contribution in [0.3, 0.4) is 0 Å². The van der Waals surface area contributed by atoms with Gasteiger partial charge in [-0.25, -0.2) is 0 Å². The molecule has 0 heterocycles. The highest BCUT2D eigenvalue weighted by atomic mass is 35.5. The molecule has 1 rings (SSSR count). The Morgan fingerprint density at radius 1 is 1.46 bits per heavy atom. The lowest BCUT2D eigenvalue weighted by Gasteiger charge is -1.88. The van der Waals surface area contributed by atoms with E-state index in [1.165, 1.54) is 31.2 Å². The lowest BCUT2D eigenvalue weighted by molar-refractivity contribution is -0.384. The van der Waals surface area contributed by atoms with Crippen molar-refractivity contribution in [3.63, 3.8) is 0 Å². The van der Waals surface area contributed by atoms with Crippen molar-refractivity contribution in [2.24, 2.45) is 0 Å². The van der Waals surface area contributed by atoms with Gasteiger partial charge in [-0.15, -0.1) is 0 Å². The number of hydrogen-bond acceptors (Lipinski definition) is 3. The Morgan fingerprint density at radius 2 is 1.85 bits per heavy atom. The Hall–Kier alpha value is -1.60. The lowest BCUT2D eigenvalue weighted by Crippen LogP contribution is -1.85. The zero-order chi connectivity index (χ0) is 10.3. The molecule has 0 radical (unpaired) electrons. The SMILES string of the molecule is CC#N.O=[N+]([O-])c1ccc(Cl)cc1. The first-order valence-corrected chi connectivity index (χ1v) is 3.70. The molecule has 0 N–H and O–H groups in total. The van der Waals surface area contributed by atoms with Gasteiger partial charge in [-0.1, -0.05) is 11.6 Å². The Labute approximate surface area is 80.5 Å². The van der Waals surface area contributed by atoms with E-state index in [2.05, 4.69) is 0 Å². The second kappa shape index (κ2) is 5.98. The van der Waals surface area contributed by atoms with Gasteiger partial charge in [0.1, 0.15) is 0 Å². The summed E-state index contributed by atoms with van der Waals surface area (Å²) >= 11 is 5.49. The maximum absolute atomic E-state index is 10.1. The van der Waals surface area contributed by atoms with Gasteiger partial charge >= 0.3 is 0 Å². The minimum Gasteiger partial charge on any atom is -0.258 e. The van der Waals surface area contributed by atoms with Crippen LogP contribution in [0.2, 0.25) is 5.02 Å². The standard InChI is InChI=1S/C6H4ClNO2.C2H3N/c7-5-1-3-6(4-2-5)8(9)10;1-2-3/h1-4H;1H3. The molecule has 0 spiro atoms. The van der Waals surface area contributed by atoms with Crippen molar-refractivity contribution in [1.82, 2.24) is 0 Å². The van der Waals surface area contributed by atoms with Gasteiger partial charge in [0.25, 0.3) is 5.69 Å². The molecule has 0 atom stereocenters. The minimum atomic E-state index is -0.462. The van der Waals surface area contributed by atoms with Crippen LogP contribution in [-0.2, 0) is 0 Å². The van der Waals surface area contributed by atoms with Crippen LogP contribution in [0.5, 0.6) is 0 Å². The lowest BCUT2D eigenvalue weighted by atomic mass is 10.3. The molecule has 0 aromatic heterocycles. The smallest absolute Gasteiger partial charge is 0.258 e. The molecule has 0 saturated heterocycles. The van der Waals surface area contributed by atoms with Crippen molar-refractivity contribution in [2.75, 3.05) is 0 Å². The van der Waals surface area contributed by atoms with Gasteiger partial charge in [-0.2, -0.15) is 5.26 Å². The third-order valence-corrected chi connectivity index (χ3v) is 1.29. The molecular formula is C8H7ClN2O2. The highest BCUT2D eigenvalue weighted by Gasteiger charge is 2.01. The number of benzene rings is 1. The molecule has 5 heteroatoms. The number of nitro benzene ring substituents is 1. The van der Waals surface area contributed by atoms with Gasteiger partial charge in [-0.05, 0) is 12.1 Å². The van der Waals surface area contributed by atoms with Crippen molar-refractivity contribution < 1.29 is 4.92 Å². The van der Waals surface area contributed by atoms with Crippen LogP contribution in [0.15, 0.2) is 24.3 Å².